The van der Waals surface area contributed by atoms with Crippen molar-refractivity contribution in [3.8, 4) is 0 Å². The molecule has 4 aromatic heterocycles. The van der Waals surface area contributed by atoms with E-state index in [4.69, 9.17) is 78.1 Å². The molecule has 0 aliphatic rings. The van der Waals surface area contributed by atoms with Gasteiger partial charge < -0.3 is 87.5 Å². The van der Waals surface area contributed by atoms with Crippen molar-refractivity contribution in [3.63, 3.8) is 0 Å². The predicted octanol–water partition coefficient (Wildman–Crippen LogP) is 6.60. The van der Waals surface area contributed by atoms with Crippen LogP contribution in [0.25, 0.3) is 0 Å². The summed E-state index contributed by atoms with van der Waals surface area (Å²) in [7, 11) is 9.74. The summed E-state index contributed by atoms with van der Waals surface area (Å²) in [6.45, 7) is 5.70. The number of carbonyl (C=O) groups excluding carboxylic acids is 4. The molecule has 0 aliphatic carbocycles. The fourth-order valence-corrected chi connectivity index (χ4v) is 9.89. The number of ether oxygens (including phenoxy) is 12. The minimum Gasteiger partial charge on any atom is -0.481 e. The zero-order chi connectivity index (χ0) is 68.4. The zero-order valence-corrected chi connectivity index (χ0v) is 57.9. The highest BCUT2D eigenvalue weighted by Crippen LogP contribution is 2.34. The number of aromatic nitrogens is 4. The standard InChI is InChI=1S/C15H21NO6S2.C13H19NO5S2.C10H8N2S2.C8H16O5S.C6H12O4S.C2H4O2.C2H6O2/c1-13(17)21-8-9-22-15(18)5-7-19-12-20-10-11-23-24-14-4-2-3-6-16-14;15-6-8-19-13(16)4-7-17-11-18-9-10-20-21-12-3-1-2-5-14-12;1-3-7-11-9(5-1)13-14-10-6-2-4-8-12-10;9-2-4-13-8(10)1-3-11-7-12-5-6-14;7-6(8)1-2-9-5-10-3-4-11;1-2(3)4;3-1-2-4/h2-4,6H,5,7-12H2,1H3;1-3,5,15H,4,6-11H2;1-8H;9,14H,1-7H2;11H,1-5H2,(H,7,8);1H3,(H,3,4);3-4H,1-2H2. The highest BCUT2D eigenvalue weighted by Gasteiger charge is 2.06. The number of hydrogen-bond donors (Lipinski definition) is 8. The smallest absolute Gasteiger partial charge is 0.308 e. The molecule has 0 atom stereocenters. The van der Waals surface area contributed by atoms with Crippen molar-refractivity contribution < 1.29 is 116 Å². The number of rotatable bonds is 45. The van der Waals surface area contributed by atoms with Gasteiger partial charge in [0, 0.05) is 61.6 Å². The van der Waals surface area contributed by atoms with Crippen molar-refractivity contribution in [1.82, 2.24) is 19.9 Å². The maximum absolute atomic E-state index is 11.3. The molecule has 0 saturated carbocycles. The molecule has 0 bridgehead atoms. The van der Waals surface area contributed by atoms with E-state index >= 15 is 0 Å². The second kappa shape index (κ2) is 75.8. The molecule has 6 N–H and O–H groups in total. The lowest BCUT2D eigenvalue weighted by molar-refractivity contribution is -0.152. The number of nitrogens with zero attached hydrogens (tertiary/aromatic N) is 4. The summed E-state index contributed by atoms with van der Waals surface area (Å²) in [5.74, 6) is -0.345. The summed E-state index contributed by atoms with van der Waals surface area (Å²) in [5.41, 5.74) is 0. The SMILES string of the molecule is CC(=O)O.CC(=O)OCCOC(=O)CCOCOCCSSc1ccccn1.O=C(CCOCOCCS)OCCO.O=C(CCOCOCCSSc1ccccn1)OCCO.O=C(O)CCOCOCCS.OCCO.c1ccc(SSc2ccccn2)nc1. The lowest BCUT2D eigenvalue weighted by Gasteiger charge is -2.06. The molecule has 0 saturated heterocycles. The Bertz CT molecular complexity index is 2240. The van der Waals surface area contributed by atoms with Gasteiger partial charge in [-0.15, -0.1) is 0 Å². The topological polar surface area (TPSA) is 386 Å². The lowest BCUT2D eigenvalue weighted by atomic mass is 10.5. The highest BCUT2D eigenvalue weighted by atomic mass is 33.1. The monoisotopic (exact) mass is 1450 g/mol. The van der Waals surface area contributed by atoms with Gasteiger partial charge in [0.1, 0.15) is 73.7 Å². The molecule has 0 radical (unpaired) electrons. The van der Waals surface area contributed by atoms with Crippen LogP contribution in [-0.2, 0) is 85.6 Å². The highest BCUT2D eigenvalue weighted by molar-refractivity contribution is 8.77. The first kappa shape index (κ1) is 91.9. The number of aliphatic hydroxyl groups is 4. The van der Waals surface area contributed by atoms with E-state index in [1.165, 1.54) is 6.92 Å². The van der Waals surface area contributed by atoms with Crippen molar-refractivity contribution in [2.45, 2.75) is 59.6 Å². The summed E-state index contributed by atoms with van der Waals surface area (Å²) >= 11 is 7.84. The number of carboxylic acid groups (broad SMARTS) is 2. The number of pyridine rings is 4. The van der Waals surface area contributed by atoms with Crippen LogP contribution in [-0.4, -0.2) is 242 Å². The zero-order valence-electron chi connectivity index (χ0n) is 51.2. The van der Waals surface area contributed by atoms with E-state index in [0.717, 1.165) is 38.5 Å². The van der Waals surface area contributed by atoms with Crippen LogP contribution in [0.4, 0.5) is 0 Å². The van der Waals surface area contributed by atoms with Crippen LogP contribution in [0.1, 0.15) is 39.5 Å². The number of aliphatic carboxylic acids is 2. The Labute approximate surface area is 571 Å². The summed E-state index contributed by atoms with van der Waals surface area (Å²) in [6.07, 6.45) is 7.59. The number of carbonyl (C=O) groups is 6. The first-order valence-corrected chi connectivity index (χ1v) is 35.6. The Morgan fingerprint density at radius 1 is 0.380 bits per heavy atom. The maximum Gasteiger partial charge on any atom is 0.308 e. The number of carboxylic acids is 2. The van der Waals surface area contributed by atoms with Crippen LogP contribution in [0.15, 0.2) is 118 Å². The second-order valence-electron chi connectivity index (χ2n) is 15.6. The molecule has 0 aromatic carbocycles. The Morgan fingerprint density at radius 3 is 0.957 bits per heavy atom. The fourth-order valence-electron chi connectivity index (χ4n) is 4.40. The third kappa shape index (κ3) is 78.2. The minimum atomic E-state index is -0.862. The molecule has 0 unspecified atom stereocenters. The van der Waals surface area contributed by atoms with Gasteiger partial charge in [0.05, 0.1) is 105 Å². The third-order valence-corrected chi connectivity index (χ3v) is 15.1. The van der Waals surface area contributed by atoms with Gasteiger partial charge in [0.25, 0.3) is 5.97 Å². The molecule has 0 aliphatic heterocycles. The van der Waals surface area contributed by atoms with E-state index in [2.05, 4.69) is 59.4 Å². The molecule has 0 fully saturated rings. The molecule has 4 heterocycles. The van der Waals surface area contributed by atoms with Crippen LogP contribution in [0.5, 0.6) is 0 Å². The van der Waals surface area contributed by atoms with Crippen molar-refractivity contribution in [3.05, 3.63) is 97.6 Å². The lowest BCUT2D eigenvalue weighted by Crippen LogP contribution is -2.14. The second-order valence-corrected chi connectivity index (χ2v) is 23.6. The summed E-state index contributed by atoms with van der Waals surface area (Å²) in [5, 5.41) is 51.6. The van der Waals surface area contributed by atoms with Crippen molar-refractivity contribution in [2.75, 3.05) is 156 Å². The summed E-state index contributed by atoms with van der Waals surface area (Å²) in [4.78, 5) is 79.4. The molecular formula is C56H86N4O24S8. The summed E-state index contributed by atoms with van der Waals surface area (Å²) < 4.78 is 59.2. The minimum absolute atomic E-state index is 0.0181. The molecule has 28 nitrogen and oxygen atoms in total. The number of esters is 4. The molecule has 0 spiro atoms. The number of thiol groups is 2. The Kier molecular flexibility index (Phi) is 75.7. The predicted molar refractivity (Wildman–Crippen MR) is 357 cm³/mol. The van der Waals surface area contributed by atoms with Gasteiger partial charge >= 0.3 is 29.8 Å². The molecule has 36 heteroatoms. The number of aliphatic hydroxyl groups excluding tert-OH is 4. The Hall–Kier alpha value is -4.26. The Morgan fingerprint density at radius 2 is 0.674 bits per heavy atom. The largest absolute Gasteiger partial charge is 0.481 e. The van der Waals surface area contributed by atoms with Gasteiger partial charge in [-0.3, -0.25) is 28.8 Å². The van der Waals surface area contributed by atoms with Crippen molar-refractivity contribution in [1.29, 1.82) is 0 Å². The summed E-state index contributed by atoms with van der Waals surface area (Å²) in [6, 6.07) is 23.3. The van der Waals surface area contributed by atoms with Gasteiger partial charge in [0.15, 0.2) is 0 Å². The van der Waals surface area contributed by atoms with Crippen LogP contribution < -0.4 is 0 Å². The van der Waals surface area contributed by atoms with E-state index in [-0.39, 0.29) is 144 Å². The van der Waals surface area contributed by atoms with E-state index in [1.807, 2.05) is 72.8 Å². The Balaban J connectivity index is -0.00000107. The third-order valence-electron chi connectivity index (χ3n) is 8.08. The van der Waals surface area contributed by atoms with Gasteiger partial charge in [-0.05, 0) is 91.7 Å². The van der Waals surface area contributed by atoms with Crippen LogP contribution in [0.2, 0.25) is 0 Å². The molecule has 4 rings (SSSR count). The molecule has 522 valence electrons. The first-order valence-electron chi connectivity index (χ1n) is 27.5. The van der Waals surface area contributed by atoms with Gasteiger partial charge in [-0.1, -0.05) is 45.9 Å². The van der Waals surface area contributed by atoms with Crippen LogP contribution >= 0.6 is 90.0 Å². The molecular weight excluding hydrogens is 1370 g/mol. The number of hydrogen-bond acceptors (Lipinski definition) is 34. The van der Waals surface area contributed by atoms with Gasteiger partial charge in [-0.2, -0.15) is 25.3 Å². The van der Waals surface area contributed by atoms with E-state index in [9.17, 15) is 24.0 Å². The quantitative estimate of drug-likeness (QED) is 0.00577. The van der Waals surface area contributed by atoms with Gasteiger partial charge in [-0.25, -0.2) is 19.9 Å². The van der Waals surface area contributed by atoms with E-state index in [1.54, 1.807) is 89.6 Å². The average Bonchev–Trinajstić information content (AvgIpc) is 3.27. The fraction of sp³-hybridized carbons (Fsp3) is 0.536. The molecule has 4 aromatic rings. The van der Waals surface area contributed by atoms with Crippen LogP contribution in [0.3, 0.4) is 0 Å². The average molecular weight is 1460 g/mol. The van der Waals surface area contributed by atoms with Crippen LogP contribution in [0, 0.1) is 0 Å². The van der Waals surface area contributed by atoms with Crippen molar-refractivity contribution >= 4 is 126 Å². The first-order chi connectivity index (χ1) is 44.7. The molecule has 0 amide bonds. The van der Waals surface area contributed by atoms with E-state index < -0.39 is 23.9 Å². The normalized spacial score (nSPS) is 9.96. The van der Waals surface area contributed by atoms with Crippen molar-refractivity contribution in [2.24, 2.45) is 0 Å². The molecule has 92 heavy (non-hydrogen) atoms. The van der Waals surface area contributed by atoms with Gasteiger partial charge in [0.2, 0.25) is 0 Å². The van der Waals surface area contributed by atoms with E-state index in [0.29, 0.717) is 37.9 Å². The maximum atomic E-state index is 11.3.